The Bertz CT molecular complexity index is 734. The number of aromatic nitrogens is 1. The fourth-order valence-corrected chi connectivity index (χ4v) is 3.06. The number of benzene rings is 1. The average molecular weight is 305 g/mol. The zero-order valence-electron chi connectivity index (χ0n) is 13.4. The molecule has 0 radical (unpaired) electrons. The molecule has 0 spiro atoms. The van der Waals surface area contributed by atoms with Crippen LogP contribution in [0.3, 0.4) is 0 Å². The summed E-state index contributed by atoms with van der Waals surface area (Å²) in [4.78, 5) is 4.46. The van der Waals surface area contributed by atoms with Gasteiger partial charge in [-0.25, -0.2) is 0 Å². The van der Waals surface area contributed by atoms with E-state index < -0.39 is 5.54 Å². The molecular weight excluding hydrogens is 282 g/mol. The summed E-state index contributed by atoms with van der Waals surface area (Å²) in [6.45, 7) is 2.15. The van der Waals surface area contributed by atoms with Crippen LogP contribution >= 0.6 is 0 Å². The summed E-state index contributed by atoms with van der Waals surface area (Å²) in [5.74, 6) is 0. The molecule has 2 atom stereocenters. The van der Waals surface area contributed by atoms with Crippen molar-refractivity contribution in [2.75, 3.05) is 0 Å². The smallest absolute Gasteiger partial charge is 0.0704 e. The number of nitrogens with zero attached hydrogens (tertiary/aromatic N) is 1. The van der Waals surface area contributed by atoms with Crippen LogP contribution in [0.1, 0.15) is 17.5 Å². The van der Waals surface area contributed by atoms with Gasteiger partial charge in [-0.1, -0.05) is 48.6 Å². The van der Waals surface area contributed by atoms with Crippen molar-refractivity contribution in [1.29, 1.82) is 0 Å². The van der Waals surface area contributed by atoms with Gasteiger partial charge in [-0.05, 0) is 43.0 Å². The highest BCUT2D eigenvalue weighted by Crippen LogP contribution is 2.27. The first-order valence-corrected chi connectivity index (χ1v) is 8.00. The highest BCUT2D eigenvalue weighted by molar-refractivity contribution is 5.64. The monoisotopic (exact) mass is 305 g/mol. The molecule has 118 valence electrons. The molecule has 23 heavy (non-hydrogen) atoms. The van der Waals surface area contributed by atoms with E-state index in [1.54, 1.807) is 0 Å². The maximum Gasteiger partial charge on any atom is 0.0704 e. The van der Waals surface area contributed by atoms with Crippen LogP contribution in [-0.4, -0.2) is 16.6 Å². The normalized spacial score (nSPS) is 23.2. The molecule has 0 saturated carbocycles. The minimum absolute atomic E-state index is 0.133. The summed E-state index contributed by atoms with van der Waals surface area (Å²) in [7, 11) is 0. The molecule has 0 fully saturated rings. The van der Waals surface area contributed by atoms with Crippen molar-refractivity contribution >= 4 is 0 Å². The van der Waals surface area contributed by atoms with E-state index in [9.17, 15) is 0 Å². The van der Waals surface area contributed by atoms with Gasteiger partial charge in [0.05, 0.1) is 11.2 Å². The minimum Gasteiger partial charge on any atom is -0.323 e. The Morgan fingerprint density at radius 2 is 2.00 bits per heavy atom. The largest absolute Gasteiger partial charge is 0.323 e. The van der Waals surface area contributed by atoms with Gasteiger partial charge in [0, 0.05) is 17.8 Å². The van der Waals surface area contributed by atoms with E-state index in [1.165, 1.54) is 16.7 Å². The lowest BCUT2D eigenvalue weighted by Gasteiger charge is -2.32. The highest BCUT2D eigenvalue weighted by atomic mass is 14.8. The second-order valence-corrected chi connectivity index (χ2v) is 6.19. The quantitative estimate of drug-likeness (QED) is 0.912. The molecule has 3 nitrogen and oxygen atoms in total. The molecule has 0 bridgehead atoms. The number of nitrogens with two attached hydrogens (primary N) is 2. The number of hydrogen-bond donors (Lipinski definition) is 2. The number of rotatable bonds is 4. The maximum atomic E-state index is 6.47. The lowest BCUT2D eigenvalue weighted by Crippen LogP contribution is -2.54. The van der Waals surface area contributed by atoms with Gasteiger partial charge in [-0.2, -0.15) is 0 Å². The molecule has 0 aliphatic heterocycles. The van der Waals surface area contributed by atoms with Crippen LogP contribution in [0.15, 0.2) is 66.9 Å². The van der Waals surface area contributed by atoms with Gasteiger partial charge >= 0.3 is 0 Å². The Hall–Kier alpha value is -2.23. The Balaban J connectivity index is 1.82. The van der Waals surface area contributed by atoms with E-state index in [4.69, 9.17) is 11.5 Å². The average Bonchev–Trinajstić information content (AvgIpc) is 2.58. The van der Waals surface area contributed by atoms with Crippen LogP contribution in [0.5, 0.6) is 0 Å². The van der Waals surface area contributed by atoms with Crippen LogP contribution in [-0.2, 0) is 6.42 Å². The summed E-state index contributed by atoms with van der Waals surface area (Å²) in [6, 6.07) is 12.2. The molecule has 1 aromatic heterocycles. The summed E-state index contributed by atoms with van der Waals surface area (Å²) < 4.78 is 0. The van der Waals surface area contributed by atoms with Crippen molar-refractivity contribution in [3.05, 3.63) is 78.0 Å². The zero-order chi connectivity index (χ0) is 16.3. The number of allylic oxidation sites excluding steroid dienone is 2. The van der Waals surface area contributed by atoms with E-state index in [1.807, 2.05) is 48.7 Å². The second-order valence-electron chi connectivity index (χ2n) is 6.19. The van der Waals surface area contributed by atoms with Crippen LogP contribution in [0, 0.1) is 6.92 Å². The zero-order valence-corrected chi connectivity index (χ0v) is 13.4. The molecule has 1 aliphatic rings. The third-order valence-corrected chi connectivity index (χ3v) is 4.67. The minimum atomic E-state index is -0.470. The molecule has 0 amide bonds. The van der Waals surface area contributed by atoms with Crippen molar-refractivity contribution in [3.63, 3.8) is 0 Å². The molecule has 1 aliphatic carbocycles. The van der Waals surface area contributed by atoms with Crippen LogP contribution in [0.25, 0.3) is 11.3 Å². The highest BCUT2D eigenvalue weighted by Gasteiger charge is 2.29. The van der Waals surface area contributed by atoms with Gasteiger partial charge in [0.1, 0.15) is 0 Å². The second kappa shape index (κ2) is 6.49. The van der Waals surface area contributed by atoms with Crippen molar-refractivity contribution in [2.24, 2.45) is 11.5 Å². The Labute approximate surface area is 137 Å². The van der Waals surface area contributed by atoms with E-state index in [2.05, 4.69) is 30.1 Å². The SMILES string of the molecule is Cc1c(CCC2(N)C=CC=CC2N)cccc1-c1ccccn1. The van der Waals surface area contributed by atoms with E-state index in [0.717, 1.165) is 18.5 Å². The maximum absolute atomic E-state index is 6.47. The number of aryl methyl sites for hydroxylation is 1. The van der Waals surface area contributed by atoms with Crippen LogP contribution in [0.4, 0.5) is 0 Å². The topological polar surface area (TPSA) is 64.9 Å². The molecule has 1 heterocycles. The molecule has 3 heteroatoms. The predicted molar refractivity (Wildman–Crippen MR) is 95.9 cm³/mol. The Kier molecular flexibility index (Phi) is 4.42. The summed E-state index contributed by atoms with van der Waals surface area (Å²) >= 11 is 0. The predicted octanol–water partition coefficient (Wildman–Crippen LogP) is 3.14. The third-order valence-electron chi connectivity index (χ3n) is 4.67. The molecule has 2 aromatic rings. The fourth-order valence-electron chi connectivity index (χ4n) is 3.06. The molecule has 2 unspecified atom stereocenters. The summed E-state index contributed by atoms with van der Waals surface area (Å²) in [5.41, 5.74) is 16.9. The standard InChI is InChI=1S/C20H23N3/c1-15-16(11-13-20(22)12-4-2-10-19(20)21)7-6-8-17(15)18-9-3-5-14-23-18/h2-10,12,14,19H,11,13,21-22H2,1H3. The van der Waals surface area contributed by atoms with Crippen LogP contribution in [0.2, 0.25) is 0 Å². The van der Waals surface area contributed by atoms with Crippen molar-refractivity contribution < 1.29 is 0 Å². The third kappa shape index (κ3) is 3.26. The van der Waals surface area contributed by atoms with Crippen LogP contribution < -0.4 is 11.5 Å². The van der Waals surface area contributed by atoms with Crippen molar-refractivity contribution in [2.45, 2.75) is 31.3 Å². The lowest BCUT2D eigenvalue weighted by atomic mass is 9.82. The molecule has 0 saturated heterocycles. The first-order chi connectivity index (χ1) is 11.1. The molecule has 1 aromatic carbocycles. The number of hydrogen-bond acceptors (Lipinski definition) is 3. The van der Waals surface area contributed by atoms with Gasteiger partial charge < -0.3 is 11.5 Å². The van der Waals surface area contributed by atoms with Gasteiger partial charge in [0.15, 0.2) is 0 Å². The van der Waals surface area contributed by atoms with Crippen molar-refractivity contribution in [3.8, 4) is 11.3 Å². The summed E-state index contributed by atoms with van der Waals surface area (Å²) in [5, 5.41) is 0. The van der Waals surface area contributed by atoms with Gasteiger partial charge in [-0.3, -0.25) is 4.98 Å². The fraction of sp³-hybridized carbons (Fsp3) is 0.250. The Morgan fingerprint density at radius 3 is 2.74 bits per heavy atom. The Morgan fingerprint density at radius 1 is 1.13 bits per heavy atom. The summed E-state index contributed by atoms with van der Waals surface area (Å²) in [6.07, 6.45) is 11.5. The first-order valence-electron chi connectivity index (χ1n) is 8.00. The van der Waals surface area contributed by atoms with E-state index in [-0.39, 0.29) is 6.04 Å². The van der Waals surface area contributed by atoms with Gasteiger partial charge in [0.25, 0.3) is 0 Å². The molecular formula is C20H23N3. The van der Waals surface area contributed by atoms with E-state index in [0.29, 0.717) is 0 Å². The lowest BCUT2D eigenvalue weighted by molar-refractivity contribution is 0.436. The number of pyridine rings is 1. The molecule has 3 rings (SSSR count). The van der Waals surface area contributed by atoms with Gasteiger partial charge in [-0.15, -0.1) is 0 Å². The van der Waals surface area contributed by atoms with Gasteiger partial charge in [0.2, 0.25) is 0 Å². The molecule has 4 N–H and O–H groups in total. The first kappa shape index (κ1) is 15.7. The van der Waals surface area contributed by atoms with E-state index >= 15 is 0 Å². The van der Waals surface area contributed by atoms with Crippen molar-refractivity contribution in [1.82, 2.24) is 4.98 Å².